The maximum atomic E-state index is 5.46. The van der Waals surface area contributed by atoms with E-state index in [0.717, 1.165) is 25.3 Å². The van der Waals surface area contributed by atoms with E-state index in [2.05, 4.69) is 17.2 Å². The van der Waals surface area contributed by atoms with Crippen LogP contribution in [0.25, 0.3) is 0 Å². The van der Waals surface area contributed by atoms with Crippen LogP contribution >= 0.6 is 0 Å². The zero-order valence-corrected chi connectivity index (χ0v) is 8.21. The van der Waals surface area contributed by atoms with Gasteiger partial charge in [-0.25, -0.2) is 4.99 Å². The van der Waals surface area contributed by atoms with Crippen LogP contribution in [0.5, 0.6) is 0 Å². The molecule has 1 heterocycles. The van der Waals surface area contributed by atoms with Gasteiger partial charge in [0.25, 0.3) is 0 Å². The van der Waals surface area contributed by atoms with Crippen LogP contribution in [0.15, 0.2) is 16.9 Å². The summed E-state index contributed by atoms with van der Waals surface area (Å²) in [5.74, 6) is 1.19. The zero-order chi connectivity index (χ0) is 9.68. The number of likely N-dealkylation sites (N-methyl/N-ethyl adjacent to an activating group) is 1. The number of nitrogens with two attached hydrogens (primary N) is 1. The van der Waals surface area contributed by atoms with E-state index in [4.69, 9.17) is 10.5 Å². The van der Waals surface area contributed by atoms with Crippen molar-refractivity contribution in [3.05, 3.63) is 11.9 Å². The monoisotopic (exact) mass is 183 g/mol. The van der Waals surface area contributed by atoms with Crippen molar-refractivity contribution in [3.8, 4) is 0 Å². The predicted molar refractivity (Wildman–Crippen MR) is 53.4 cm³/mol. The van der Waals surface area contributed by atoms with E-state index >= 15 is 0 Å². The van der Waals surface area contributed by atoms with Gasteiger partial charge in [-0.2, -0.15) is 0 Å². The van der Waals surface area contributed by atoms with Crippen molar-refractivity contribution in [1.29, 1.82) is 0 Å². The molecule has 1 rings (SSSR count). The molecule has 74 valence electrons. The average molecular weight is 183 g/mol. The second kappa shape index (κ2) is 4.74. The van der Waals surface area contributed by atoms with Gasteiger partial charge in [0.05, 0.1) is 6.61 Å². The van der Waals surface area contributed by atoms with Crippen molar-refractivity contribution in [2.24, 2.45) is 16.6 Å². The zero-order valence-electron chi connectivity index (χ0n) is 8.21. The highest BCUT2D eigenvalue weighted by Gasteiger charge is 2.16. The highest BCUT2D eigenvalue weighted by atomic mass is 16.5. The van der Waals surface area contributed by atoms with Crippen LogP contribution in [0.1, 0.15) is 13.3 Å². The largest absolute Gasteiger partial charge is 0.476 e. The van der Waals surface area contributed by atoms with Crippen LogP contribution in [0.4, 0.5) is 0 Å². The number of nitrogens with zero attached hydrogens (tertiary/aromatic N) is 1. The Kier molecular flexibility index (Phi) is 3.61. The van der Waals surface area contributed by atoms with Gasteiger partial charge < -0.3 is 15.8 Å². The SMILES string of the molecule is CCC1CN=C(/C(=C\N)NC)OC1. The predicted octanol–water partition coefficient (Wildman–Crippen LogP) is 0.461. The normalized spacial score (nSPS) is 23.4. The summed E-state index contributed by atoms with van der Waals surface area (Å²) in [4.78, 5) is 4.31. The lowest BCUT2D eigenvalue weighted by atomic mass is 10.1. The van der Waals surface area contributed by atoms with Crippen LogP contribution in [-0.2, 0) is 4.74 Å². The van der Waals surface area contributed by atoms with E-state index in [-0.39, 0.29) is 0 Å². The second-order valence-electron chi connectivity index (χ2n) is 3.06. The summed E-state index contributed by atoms with van der Waals surface area (Å²) in [6, 6.07) is 0. The van der Waals surface area contributed by atoms with Gasteiger partial charge in [-0.3, -0.25) is 0 Å². The third-order valence-corrected chi connectivity index (χ3v) is 2.19. The van der Waals surface area contributed by atoms with Crippen LogP contribution in [0.3, 0.4) is 0 Å². The van der Waals surface area contributed by atoms with E-state index in [1.807, 2.05) is 0 Å². The molecule has 3 N–H and O–H groups in total. The standard InChI is InChI=1S/C9H17N3O/c1-3-7-5-12-9(13-6-7)8(4-10)11-2/h4,7,11H,3,5-6,10H2,1-2H3/b8-4+. The molecule has 0 saturated carbocycles. The van der Waals surface area contributed by atoms with Crippen molar-refractivity contribution < 1.29 is 4.74 Å². The molecule has 1 atom stereocenters. The van der Waals surface area contributed by atoms with Crippen molar-refractivity contribution >= 4 is 5.90 Å². The molecule has 13 heavy (non-hydrogen) atoms. The number of nitrogens with one attached hydrogen (secondary N) is 1. The first-order valence-electron chi connectivity index (χ1n) is 4.59. The Balaban J connectivity index is 2.59. The van der Waals surface area contributed by atoms with Gasteiger partial charge in [-0.15, -0.1) is 0 Å². The molecule has 4 heteroatoms. The molecule has 0 aromatic heterocycles. The molecule has 4 nitrogen and oxygen atoms in total. The topological polar surface area (TPSA) is 59.6 Å². The summed E-state index contributed by atoms with van der Waals surface area (Å²) in [6.45, 7) is 3.73. The second-order valence-corrected chi connectivity index (χ2v) is 3.06. The fourth-order valence-corrected chi connectivity index (χ4v) is 1.18. The van der Waals surface area contributed by atoms with Gasteiger partial charge in [0.1, 0.15) is 5.70 Å². The van der Waals surface area contributed by atoms with E-state index < -0.39 is 0 Å². The smallest absolute Gasteiger partial charge is 0.234 e. The van der Waals surface area contributed by atoms with Crippen LogP contribution in [0, 0.1) is 5.92 Å². The fourth-order valence-electron chi connectivity index (χ4n) is 1.18. The summed E-state index contributed by atoms with van der Waals surface area (Å²) in [5, 5.41) is 2.93. The minimum Gasteiger partial charge on any atom is -0.476 e. The highest BCUT2D eigenvalue weighted by molar-refractivity contribution is 5.93. The average Bonchev–Trinajstić information content (AvgIpc) is 2.21. The molecule has 0 aromatic rings. The van der Waals surface area contributed by atoms with Gasteiger partial charge in [-0.05, 0) is 6.42 Å². The van der Waals surface area contributed by atoms with Crippen LogP contribution < -0.4 is 11.1 Å². The first-order valence-corrected chi connectivity index (χ1v) is 4.59. The number of ether oxygens (including phenoxy) is 1. The first kappa shape index (κ1) is 9.89. The fraction of sp³-hybridized carbons (Fsp3) is 0.667. The van der Waals surface area contributed by atoms with Crippen molar-refractivity contribution in [3.63, 3.8) is 0 Å². The lowest BCUT2D eigenvalue weighted by Crippen LogP contribution is -2.28. The Morgan fingerprint density at radius 2 is 2.62 bits per heavy atom. The maximum absolute atomic E-state index is 5.46. The van der Waals surface area contributed by atoms with Crippen LogP contribution in [0.2, 0.25) is 0 Å². The molecule has 0 saturated heterocycles. The third kappa shape index (κ3) is 2.37. The van der Waals surface area contributed by atoms with E-state index in [1.54, 1.807) is 7.05 Å². The molecule has 1 unspecified atom stereocenters. The van der Waals surface area contributed by atoms with Gasteiger partial charge >= 0.3 is 0 Å². The van der Waals surface area contributed by atoms with Gasteiger partial charge in [0.15, 0.2) is 0 Å². The molecule has 0 radical (unpaired) electrons. The highest BCUT2D eigenvalue weighted by Crippen LogP contribution is 2.11. The Bertz CT molecular complexity index is 223. The van der Waals surface area contributed by atoms with Gasteiger partial charge in [-0.1, -0.05) is 6.92 Å². The molecule has 1 aliphatic heterocycles. The van der Waals surface area contributed by atoms with E-state index in [1.165, 1.54) is 6.20 Å². The summed E-state index contributed by atoms with van der Waals surface area (Å²) >= 11 is 0. The Hall–Kier alpha value is -1.19. The number of aliphatic imine (C=N–C) groups is 1. The molecule has 0 bridgehead atoms. The van der Waals surface area contributed by atoms with Crippen molar-refractivity contribution in [2.75, 3.05) is 20.2 Å². The molecule has 0 aromatic carbocycles. The summed E-state index contributed by atoms with van der Waals surface area (Å²) in [6.07, 6.45) is 2.59. The quantitative estimate of drug-likeness (QED) is 0.668. The molecule has 0 amide bonds. The molecule has 0 aliphatic carbocycles. The maximum Gasteiger partial charge on any atom is 0.234 e. The Morgan fingerprint density at radius 3 is 3.00 bits per heavy atom. The van der Waals surface area contributed by atoms with E-state index in [0.29, 0.717) is 11.8 Å². The molecule has 0 fully saturated rings. The minimum absolute atomic E-state index is 0.555. The molecule has 1 aliphatic rings. The third-order valence-electron chi connectivity index (χ3n) is 2.19. The van der Waals surface area contributed by atoms with Crippen LogP contribution in [-0.4, -0.2) is 26.1 Å². The molecule has 0 spiro atoms. The summed E-state index contributed by atoms with van der Waals surface area (Å²) < 4.78 is 5.46. The molecular formula is C9H17N3O. The first-order chi connectivity index (χ1) is 6.31. The lowest BCUT2D eigenvalue weighted by Gasteiger charge is -2.21. The van der Waals surface area contributed by atoms with Gasteiger partial charge in [0.2, 0.25) is 5.90 Å². The van der Waals surface area contributed by atoms with Crippen molar-refractivity contribution in [2.45, 2.75) is 13.3 Å². The molecular weight excluding hydrogens is 166 g/mol. The summed E-state index contributed by atoms with van der Waals surface area (Å²) in [7, 11) is 1.80. The number of hydrogen-bond donors (Lipinski definition) is 2. The van der Waals surface area contributed by atoms with Crippen molar-refractivity contribution in [1.82, 2.24) is 5.32 Å². The van der Waals surface area contributed by atoms with E-state index in [9.17, 15) is 0 Å². The lowest BCUT2D eigenvalue weighted by molar-refractivity contribution is 0.216. The summed E-state index contributed by atoms with van der Waals surface area (Å²) in [5.41, 5.74) is 6.15. The Labute approximate surface area is 78.9 Å². The minimum atomic E-state index is 0.555. The Morgan fingerprint density at radius 1 is 1.85 bits per heavy atom. The number of rotatable bonds is 3. The van der Waals surface area contributed by atoms with Gasteiger partial charge in [0, 0.05) is 25.7 Å². The number of hydrogen-bond acceptors (Lipinski definition) is 4.